The first-order chi connectivity index (χ1) is 12.0. The summed E-state index contributed by atoms with van der Waals surface area (Å²) in [5, 5.41) is 5.95. The van der Waals surface area contributed by atoms with E-state index in [1.807, 2.05) is 50.4 Å². The molecule has 0 aliphatic carbocycles. The van der Waals surface area contributed by atoms with Gasteiger partial charge in [-0.05, 0) is 55.5 Å². The second-order valence-electron chi connectivity index (χ2n) is 5.82. The quantitative estimate of drug-likeness (QED) is 0.693. The molecule has 4 nitrogen and oxygen atoms in total. The molecule has 6 heteroatoms. The van der Waals surface area contributed by atoms with Gasteiger partial charge in [0.2, 0.25) is 0 Å². The molecule has 130 valence electrons. The SMILES string of the molecule is Cc1ccc(OCC(=O)NCc2sc(-c3cccs3)nc2C)cc1C. The molecule has 0 spiro atoms. The monoisotopic (exact) mass is 372 g/mol. The van der Waals surface area contributed by atoms with E-state index in [1.165, 1.54) is 5.56 Å². The van der Waals surface area contributed by atoms with Gasteiger partial charge in [0.25, 0.3) is 5.91 Å². The molecule has 1 N–H and O–H groups in total. The molecule has 0 unspecified atom stereocenters. The number of amides is 1. The van der Waals surface area contributed by atoms with Crippen LogP contribution in [0.1, 0.15) is 21.7 Å². The molecule has 3 aromatic rings. The van der Waals surface area contributed by atoms with E-state index in [4.69, 9.17) is 4.74 Å². The Morgan fingerprint density at radius 3 is 2.76 bits per heavy atom. The van der Waals surface area contributed by atoms with Crippen molar-refractivity contribution >= 4 is 28.6 Å². The van der Waals surface area contributed by atoms with E-state index in [1.54, 1.807) is 22.7 Å². The molecule has 2 aromatic heterocycles. The van der Waals surface area contributed by atoms with Crippen LogP contribution in [0.3, 0.4) is 0 Å². The summed E-state index contributed by atoms with van der Waals surface area (Å²) in [6.45, 7) is 6.54. The molecule has 2 heterocycles. The molecule has 0 radical (unpaired) electrons. The number of rotatable bonds is 6. The van der Waals surface area contributed by atoms with Crippen LogP contribution in [-0.2, 0) is 11.3 Å². The van der Waals surface area contributed by atoms with E-state index in [9.17, 15) is 4.79 Å². The maximum Gasteiger partial charge on any atom is 0.258 e. The Labute approximate surface area is 155 Å². The number of ether oxygens (including phenoxy) is 1. The van der Waals surface area contributed by atoms with Gasteiger partial charge in [0.15, 0.2) is 6.61 Å². The minimum Gasteiger partial charge on any atom is -0.484 e. The van der Waals surface area contributed by atoms with Crippen molar-refractivity contribution in [2.75, 3.05) is 6.61 Å². The van der Waals surface area contributed by atoms with Crippen LogP contribution in [0.5, 0.6) is 5.75 Å². The van der Waals surface area contributed by atoms with E-state index in [0.717, 1.165) is 26.0 Å². The van der Waals surface area contributed by atoms with Crippen molar-refractivity contribution < 1.29 is 9.53 Å². The summed E-state index contributed by atoms with van der Waals surface area (Å²) in [6, 6.07) is 9.90. The van der Waals surface area contributed by atoms with Crippen molar-refractivity contribution in [3.63, 3.8) is 0 Å². The minimum atomic E-state index is -0.135. The predicted octanol–water partition coefficient (Wildman–Crippen LogP) is 4.49. The summed E-state index contributed by atoms with van der Waals surface area (Å²) in [4.78, 5) is 18.9. The second kappa shape index (κ2) is 7.80. The number of aryl methyl sites for hydroxylation is 3. The summed E-state index contributed by atoms with van der Waals surface area (Å²) in [5.74, 6) is 0.580. The number of benzene rings is 1. The number of aromatic nitrogens is 1. The van der Waals surface area contributed by atoms with Crippen LogP contribution in [0.2, 0.25) is 0 Å². The van der Waals surface area contributed by atoms with Crippen molar-refractivity contribution in [1.82, 2.24) is 10.3 Å². The lowest BCUT2D eigenvalue weighted by molar-refractivity contribution is -0.123. The van der Waals surface area contributed by atoms with Crippen LogP contribution in [0, 0.1) is 20.8 Å². The third-order valence-electron chi connectivity index (χ3n) is 3.92. The van der Waals surface area contributed by atoms with Crippen molar-refractivity contribution in [2.45, 2.75) is 27.3 Å². The zero-order chi connectivity index (χ0) is 17.8. The number of carbonyl (C=O) groups is 1. The van der Waals surface area contributed by atoms with Crippen LogP contribution < -0.4 is 10.1 Å². The van der Waals surface area contributed by atoms with Gasteiger partial charge >= 0.3 is 0 Å². The largest absolute Gasteiger partial charge is 0.484 e. The summed E-state index contributed by atoms with van der Waals surface area (Å²) >= 11 is 3.29. The smallest absolute Gasteiger partial charge is 0.258 e. The maximum atomic E-state index is 12.0. The lowest BCUT2D eigenvalue weighted by Crippen LogP contribution is -2.28. The maximum absolute atomic E-state index is 12.0. The Kier molecular flexibility index (Phi) is 5.50. The van der Waals surface area contributed by atoms with E-state index in [2.05, 4.69) is 16.4 Å². The van der Waals surface area contributed by atoms with Crippen LogP contribution in [0.4, 0.5) is 0 Å². The first-order valence-corrected chi connectivity index (χ1v) is 9.69. The number of thiazole rings is 1. The molecule has 0 bridgehead atoms. The van der Waals surface area contributed by atoms with Crippen LogP contribution in [0.25, 0.3) is 9.88 Å². The van der Waals surface area contributed by atoms with Gasteiger partial charge < -0.3 is 10.1 Å². The number of nitrogens with zero attached hydrogens (tertiary/aromatic N) is 1. The van der Waals surface area contributed by atoms with Crippen molar-refractivity contribution in [2.24, 2.45) is 0 Å². The molecule has 0 atom stereocenters. The first-order valence-electron chi connectivity index (χ1n) is 8.00. The highest BCUT2D eigenvalue weighted by molar-refractivity contribution is 7.21. The summed E-state index contributed by atoms with van der Waals surface area (Å²) in [7, 11) is 0. The average Bonchev–Trinajstić information content (AvgIpc) is 3.23. The summed E-state index contributed by atoms with van der Waals surface area (Å²) < 4.78 is 5.56. The van der Waals surface area contributed by atoms with Crippen molar-refractivity contribution in [1.29, 1.82) is 0 Å². The van der Waals surface area contributed by atoms with Gasteiger partial charge in [-0.3, -0.25) is 4.79 Å². The fourth-order valence-electron chi connectivity index (χ4n) is 2.28. The fraction of sp³-hybridized carbons (Fsp3) is 0.263. The lowest BCUT2D eigenvalue weighted by Gasteiger charge is -2.08. The van der Waals surface area contributed by atoms with Gasteiger partial charge in [-0.25, -0.2) is 4.98 Å². The van der Waals surface area contributed by atoms with Crippen LogP contribution >= 0.6 is 22.7 Å². The second-order valence-corrected chi connectivity index (χ2v) is 7.85. The molecular formula is C19H20N2O2S2. The molecule has 25 heavy (non-hydrogen) atoms. The number of nitrogens with one attached hydrogen (secondary N) is 1. The van der Waals surface area contributed by atoms with Gasteiger partial charge in [-0.15, -0.1) is 22.7 Å². The number of carbonyl (C=O) groups excluding carboxylic acids is 1. The predicted molar refractivity (Wildman–Crippen MR) is 103 cm³/mol. The third-order valence-corrected chi connectivity index (χ3v) is 6.12. The molecule has 0 aliphatic heterocycles. The molecule has 3 rings (SSSR count). The van der Waals surface area contributed by atoms with Gasteiger partial charge in [0.05, 0.1) is 17.1 Å². The number of thiophene rings is 1. The molecule has 0 fully saturated rings. The minimum absolute atomic E-state index is 0.0120. The van der Waals surface area contributed by atoms with Crippen molar-refractivity contribution in [3.05, 3.63) is 57.4 Å². The van der Waals surface area contributed by atoms with E-state index in [0.29, 0.717) is 12.3 Å². The summed E-state index contributed by atoms with van der Waals surface area (Å²) in [6.07, 6.45) is 0. The first kappa shape index (κ1) is 17.6. The highest BCUT2D eigenvalue weighted by Gasteiger charge is 2.11. The molecular weight excluding hydrogens is 352 g/mol. The van der Waals surface area contributed by atoms with Gasteiger partial charge in [0, 0.05) is 4.88 Å². The molecule has 0 saturated heterocycles. The highest BCUT2D eigenvalue weighted by atomic mass is 32.1. The Morgan fingerprint density at radius 2 is 2.04 bits per heavy atom. The summed E-state index contributed by atoms with van der Waals surface area (Å²) in [5.41, 5.74) is 3.32. The fourth-order valence-corrected chi connectivity index (χ4v) is 4.08. The molecule has 1 amide bonds. The van der Waals surface area contributed by atoms with E-state index in [-0.39, 0.29) is 12.5 Å². The van der Waals surface area contributed by atoms with Crippen LogP contribution in [-0.4, -0.2) is 17.5 Å². The van der Waals surface area contributed by atoms with Crippen LogP contribution in [0.15, 0.2) is 35.7 Å². The average molecular weight is 373 g/mol. The van der Waals surface area contributed by atoms with Gasteiger partial charge in [-0.1, -0.05) is 12.1 Å². The molecule has 0 saturated carbocycles. The third kappa shape index (κ3) is 4.46. The Balaban J connectivity index is 1.53. The zero-order valence-electron chi connectivity index (χ0n) is 14.5. The topological polar surface area (TPSA) is 51.2 Å². The highest BCUT2D eigenvalue weighted by Crippen LogP contribution is 2.30. The van der Waals surface area contributed by atoms with E-state index >= 15 is 0 Å². The number of hydrogen-bond acceptors (Lipinski definition) is 5. The zero-order valence-corrected chi connectivity index (χ0v) is 16.1. The van der Waals surface area contributed by atoms with Gasteiger partial charge in [0.1, 0.15) is 10.8 Å². The molecule has 0 aliphatic rings. The Hall–Kier alpha value is -2.18. The molecule has 1 aromatic carbocycles. The normalized spacial score (nSPS) is 10.7. The van der Waals surface area contributed by atoms with Crippen molar-refractivity contribution in [3.8, 4) is 15.6 Å². The number of hydrogen-bond donors (Lipinski definition) is 1. The standard InChI is InChI=1S/C19H20N2O2S2/c1-12-6-7-15(9-13(12)2)23-11-18(22)20-10-17-14(3)21-19(25-17)16-5-4-8-24-16/h4-9H,10-11H2,1-3H3,(H,20,22). The van der Waals surface area contributed by atoms with E-state index < -0.39 is 0 Å². The Bertz CT molecular complexity index is 870. The Morgan fingerprint density at radius 1 is 1.20 bits per heavy atom. The van der Waals surface area contributed by atoms with Gasteiger partial charge in [-0.2, -0.15) is 0 Å². The lowest BCUT2D eigenvalue weighted by atomic mass is 10.1.